The highest BCUT2D eigenvalue weighted by atomic mass is 16.5. The molecule has 0 saturated carbocycles. The molecule has 1 aromatic carbocycles. The lowest BCUT2D eigenvalue weighted by Crippen LogP contribution is -2.38. The second-order valence-corrected chi connectivity index (χ2v) is 5.70. The summed E-state index contributed by atoms with van der Waals surface area (Å²) in [4.78, 5) is 19.0. The van der Waals surface area contributed by atoms with E-state index in [2.05, 4.69) is 4.98 Å². The Kier molecular flexibility index (Phi) is 4.29. The molecule has 2 N–H and O–H groups in total. The fourth-order valence-electron chi connectivity index (χ4n) is 3.01. The highest BCUT2D eigenvalue weighted by Gasteiger charge is 2.20. The maximum Gasteiger partial charge on any atom is 0.242 e. The molecule has 2 aromatic rings. The normalized spacial score (nSPS) is 15.4. The van der Waals surface area contributed by atoms with E-state index in [1.807, 2.05) is 27.7 Å². The molecule has 0 spiro atoms. The van der Waals surface area contributed by atoms with Crippen molar-refractivity contribution in [3.63, 3.8) is 0 Å². The van der Waals surface area contributed by atoms with Gasteiger partial charge in [0.25, 0.3) is 0 Å². The molecule has 0 bridgehead atoms. The van der Waals surface area contributed by atoms with Crippen LogP contribution in [-0.2, 0) is 22.7 Å². The third kappa shape index (κ3) is 2.78. The van der Waals surface area contributed by atoms with Crippen molar-refractivity contribution in [3.05, 3.63) is 24.0 Å². The quantitative estimate of drug-likeness (QED) is 0.874. The molecule has 1 amide bonds. The summed E-state index contributed by atoms with van der Waals surface area (Å²) in [7, 11) is 1.62. The molecule has 2 heterocycles. The van der Waals surface area contributed by atoms with Gasteiger partial charge in [0, 0.05) is 20.2 Å². The molecule has 3 rings (SSSR count). The van der Waals surface area contributed by atoms with Crippen molar-refractivity contribution in [3.8, 4) is 0 Å². The molecule has 0 atom stereocenters. The minimum Gasteiger partial charge on any atom is -0.397 e. The first kappa shape index (κ1) is 14.8. The van der Waals surface area contributed by atoms with Crippen LogP contribution in [0.3, 0.4) is 0 Å². The predicted molar refractivity (Wildman–Crippen MR) is 85.3 cm³/mol. The van der Waals surface area contributed by atoms with Crippen LogP contribution in [0.5, 0.6) is 0 Å². The lowest BCUT2D eigenvalue weighted by Gasteiger charge is -2.27. The molecule has 118 valence electrons. The van der Waals surface area contributed by atoms with Crippen LogP contribution in [0.2, 0.25) is 0 Å². The van der Waals surface area contributed by atoms with E-state index in [0.29, 0.717) is 18.8 Å². The van der Waals surface area contributed by atoms with E-state index >= 15 is 0 Å². The first-order valence-electron chi connectivity index (χ1n) is 7.71. The highest BCUT2D eigenvalue weighted by Crippen LogP contribution is 2.22. The van der Waals surface area contributed by atoms with Gasteiger partial charge in [-0.25, -0.2) is 4.98 Å². The predicted octanol–water partition coefficient (Wildman–Crippen LogP) is 1.78. The van der Waals surface area contributed by atoms with Gasteiger partial charge < -0.3 is 19.9 Å². The Labute approximate surface area is 129 Å². The zero-order chi connectivity index (χ0) is 15.5. The van der Waals surface area contributed by atoms with Crippen LogP contribution < -0.4 is 5.73 Å². The molecule has 0 unspecified atom stereocenters. The number of carbonyl (C=O) groups excluding carboxylic acids is 1. The largest absolute Gasteiger partial charge is 0.397 e. The minimum atomic E-state index is 0.138. The van der Waals surface area contributed by atoms with Gasteiger partial charge >= 0.3 is 0 Å². The van der Waals surface area contributed by atoms with Gasteiger partial charge in [0.1, 0.15) is 24.5 Å². The lowest BCUT2D eigenvalue weighted by molar-refractivity contribution is -0.132. The molecule has 1 aliphatic rings. The number of ether oxygens (including phenoxy) is 1. The van der Waals surface area contributed by atoms with Gasteiger partial charge in [-0.2, -0.15) is 0 Å². The second kappa shape index (κ2) is 6.36. The summed E-state index contributed by atoms with van der Waals surface area (Å²) in [5, 5.41) is 0. The number of likely N-dealkylation sites (tertiary alicyclic amines) is 1. The number of amides is 1. The molecular weight excluding hydrogens is 280 g/mol. The van der Waals surface area contributed by atoms with Crippen LogP contribution in [0, 0.1) is 0 Å². The maximum atomic E-state index is 12.6. The van der Waals surface area contributed by atoms with Crippen molar-refractivity contribution in [2.75, 3.05) is 25.9 Å². The number of hydrogen-bond donors (Lipinski definition) is 1. The number of para-hydroxylation sites is 1. The van der Waals surface area contributed by atoms with Gasteiger partial charge in [-0.15, -0.1) is 0 Å². The SMILES string of the molecule is COCc1nc2c(N)cccc2n1CC(=O)N1CCCCC1. The maximum absolute atomic E-state index is 12.6. The van der Waals surface area contributed by atoms with Crippen molar-refractivity contribution in [1.29, 1.82) is 0 Å². The van der Waals surface area contributed by atoms with Crippen molar-refractivity contribution in [2.24, 2.45) is 0 Å². The molecule has 22 heavy (non-hydrogen) atoms. The smallest absolute Gasteiger partial charge is 0.242 e. The number of fused-ring (bicyclic) bond motifs is 1. The summed E-state index contributed by atoms with van der Waals surface area (Å²) in [5.41, 5.74) is 8.24. The van der Waals surface area contributed by atoms with Crippen molar-refractivity contribution < 1.29 is 9.53 Å². The molecule has 1 saturated heterocycles. The molecule has 6 heteroatoms. The van der Waals surface area contributed by atoms with Gasteiger partial charge in [-0.3, -0.25) is 4.79 Å². The van der Waals surface area contributed by atoms with Crippen LogP contribution >= 0.6 is 0 Å². The van der Waals surface area contributed by atoms with Crippen molar-refractivity contribution in [1.82, 2.24) is 14.5 Å². The number of methoxy groups -OCH3 is 1. The number of rotatable bonds is 4. The topological polar surface area (TPSA) is 73.4 Å². The van der Waals surface area contributed by atoms with E-state index in [9.17, 15) is 4.79 Å². The summed E-state index contributed by atoms with van der Waals surface area (Å²) < 4.78 is 7.14. The average molecular weight is 302 g/mol. The van der Waals surface area contributed by atoms with Gasteiger partial charge in [0.15, 0.2) is 0 Å². The van der Waals surface area contributed by atoms with Crippen molar-refractivity contribution >= 4 is 22.6 Å². The lowest BCUT2D eigenvalue weighted by atomic mass is 10.1. The number of piperidine rings is 1. The zero-order valence-electron chi connectivity index (χ0n) is 12.9. The Morgan fingerprint density at radius 3 is 2.82 bits per heavy atom. The molecular formula is C16H22N4O2. The zero-order valence-corrected chi connectivity index (χ0v) is 12.9. The first-order valence-corrected chi connectivity index (χ1v) is 7.71. The number of imidazole rings is 1. The number of nitrogens with zero attached hydrogens (tertiary/aromatic N) is 3. The molecule has 0 radical (unpaired) electrons. The third-order valence-electron chi connectivity index (χ3n) is 4.16. The molecule has 0 aliphatic carbocycles. The summed E-state index contributed by atoms with van der Waals surface area (Å²) in [6.45, 7) is 2.36. The van der Waals surface area contributed by atoms with Gasteiger partial charge in [0.05, 0.1) is 11.2 Å². The van der Waals surface area contributed by atoms with Gasteiger partial charge in [-0.1, -0.05) is 6.07 Å². The van der Waals surface area contributed by atoms with Crippen molar-refractivity contribution in [2.45, 2.75) is 32.4 Å². The summed E-state index contributed by atoms with van der Waals surface area (Å²) in [5.74, 6) is 0.875. The number of nitrogen functional groups attached to an aromatic ring is 1. The third-order valence-corrected chi connectivity index (χ3v) is 4.16. The standard InChI is InChI=1S/C16H22N4O2/c1-22-11-14-18-16-12(17)6-5-7-13(16)20(14)10-15(21)19-8-3-2-4-9-19/h5-7H,2-4,8-11,17H2,1H3. The summed E-state index contributed by atoms with van der Waals surface area (Å²) in [6, 6.07) is 5.65. The van der Waals surface area contributed by atoms with E-state index in [1.54, 1.807) is 7.11 Å². The number of aromatic nitrogens is 2. The van der Waals surface area contributed by atoms with Crippen LogP contribution in [-0.4, -0.2) is 40.6 Å². The Balaban J connectivity index is 1.92. The van der Waals surface area contributed by atoms with E-state index < -0.39 is 0 Å². The Hall–Kier alpha value is -2.08. The second-order valence-electron chi connectivity index (χ2n) is 5.70. The Bertz CT molecular complexity index is 674. The molecule has 1 aliphatic heterocycles. The first-order chi connectivity index (χ1) is 10.7. The van der Waals surface area contributed by atoms with E-state index in [0.717, 1.165) is 42.8 Å². The molecule has 1 fully saturated rings. The summed E-state index contributed by atoms with van der Waals surface area (Å²) >= 11 is 0. The number of nitrogens with two attached hydrogens (primary N) is 1. The Morgan fingerprint density at radius 1 is 1.32 bits per heavy atom. The molecule has 6 nitrogen and oxygen atoms in total. The van der Waals surface area contributed by atoms with Crippen LogP contribution in [0.1, 0.15) is 25.1 Å². The number of carbonyl (C=O) groups is 1. The summed E-state index contributed by atoms with van der Waals surface area (Å²) in [6.07, 6.45) is 3.39. The van der Waals surface area contributed by atoms with Gasteiger partial charge in [-0.05, 0) is 31.4 Å². The monoisotopic (exact) mass is 302 g/mol. The van der Waals surface area contributed by atoms with E-state index in [1.165, 1.54) is 6.42 Å². The Morgan fingerprint density at radius 2 is 2.09 bits per heavy atom. The minimum absolute atomic E-state index is 0.138. The molecule has 1 aromatic heterocycles. The van der Waals surface area contributed by atoms with E-state index in [-0.39, 0.29) is 5.91 Å². The van der Waals surface area contributed by atoms with E-state index in [4.69, 9.17) is 10.5 Å². The fourth-order valence-corrected chi connectivity index (χ4v) is 3.01. The highest BCUT2D eigenvalue weighted by molar-refractivity contribution is 5.89. The van der Waals surface area contributed by atoms with Crippen LogP contribution in [0.15, 0.2) is 18.2 Å². The number of hydrogen-bond acceptors (Lipinski definition) is 4. The van der Waals surface area contributed by atoms with Crippen LogP contribution in [0.25, 0.3) is 11.0 Å². The van der Waals surface area contributed by atoms with Crippen LogP contribution in [0.4, 0.5) is 5.69 Å². The fraction of sp³-hybridized carbons (Fsp3) is 0.500. The number of anilines is 1. The number of benzene rings is 1. The van der Waals surface area contributed by atoms with Gasteiger partial charge in [0.2, 0.25) is 5.91 Å². The average Bonchev–Trinajstić information content (AvgIpc) is 2.88.